The van der Waals surface area contributed by atoms with Crippen molar-refractivity contribution in [2.45, 2.75) is 13.5 Å². The number of rotatable bonds is 3. The van der Waals surface area contributed by atoms with Crippen molar-refractivity contribution >= 4 is 34.7 Å². The molecule has 1 saturated heterocycles. The maximum absolute atomic E-state index is 12.4. The Bertz CT molecular complexity index is 676. The number of hydrogen-bond acceptors (Lipinski definition) is 6. The van der Waals surface area contributed by atoms with E-state index in [1.165, 1.54) is 0 Å². The Labute approximate surface area is 137 Å². The molecule has 3 rings (SSSR count). The van der Waals surface area contributed by atoms with Gasteiger partial charge >= 0.3 is 0 Å². The first kappa shape index (κ1) is 15.3. The van der Waals surface area contributed by atoms with Gasteiger partial charge in [-0.05, 0) is 6.92 Å². The Morgan fingerprint density at radius 2 is 2.18 bits per heavy atom. The zero-order valence-electron chi connectivity index (χ0n) is 12.2. The summed E-state index contributed by atoms with van der Waals surface area (Å²) in [4.78, 5) is 20.9. The van der Waals surface area contributed by atoms with Gasteiger partial charge in [0.2, 0.25) is 0 Å². The van der Waals surface area contributed by atoms with Gasteiger partial charge in [-0.25, -0.2) is 4.98 Å². The standard InChI is InChI=1S/C13H17ClN6OS/c1-8-16-9(7-22-8)6-19-2-4-20(5-3-19)13(21)11-10(14)12(15)18-17-11/h7H,2-6H2,1H3,(H3,15,17,18). The number of halogens is 1. The molecule has 0 bridgehead atoms. The highest BCUT2D eigenvalue weighted by atomic mass is 35.5. The number of nitrogen functional groups attached to an aromatic ring is 1. The summed E-state index contributed by atoms with van der Waals surface area (Å²) in [5.74, 6) is 0.000840. The largest absolute Gasteiger partial charge is 0.381 e. The maximum Gasteiger partial charge on any atom is 0.273 e. The van der Waals surface area contributed by atoms with Crippen LogP contribution in [-0.4, -0.2) is 57.1 Å². The number of H-pyrrole nitrogens is 1. The van der Waals surface area contributed by atoms with Crippen molar-refractivity contribution in [1.82, 2.24) is 25.0 Å². The third-order valence-electron chi connectivity index (χ3n) is 3.66. The van der Waals surface area contributed by atoms with Crippen molar-refractivity contribution < 1.29 is 4.79 Å². The predicted octanol–water partition coefficient (Wildman–Crippen LogP) is 1.37. The van der Waals surface area contributed by atoms with E-state index in [-0.39, 0.29) is 22.4 Å². The van der Waals surface area contributed by atoms with E-state index in [0.29, 0.717) is 13.1 Å². The molecule has 1 aliphatic heterocycles. The number of carbonyl (C=O) groups is 1. The Kier molecular flexibility index (Phi) is 4.32. The highest BCUT2D eigenvalue weighted by Crippen LogP contribution is 2.22. The van der Waals surface area contributed by atoms with Crippen molar-refractivity contribution in [1.29, 1.82) is 0 Å². The average molecular weight is 341 g/mol. The molecule has 2 aromatic rings. The van der Waals surface area contributed by atoms with Gasteiger partial charge in [-0.3, -0.25) is 14.8 Å². The minimum atomic E-state index is -0.154. The molecule has 0 atom stereocenters. The molecule has 0 radical (unpaired) electrons. The minimum Gasteiger partial charge on any atom is -0.381 e. The van der Waals surface area contributed by atoms with Crippen molar-refractivity contribution in [3.05, 3.63) is 26.8 Å². The molecular weight excluding hydrogens is 324 g/mol. The third kappa shape index (κ3) is 3.08. The summed E-state index contributed by atoms with van der Waals surface area (Å²) in [6, 6.07) is 0. The number of carbonyl (C=O) groups excluding carboxylic acids is 1. The van der Waals surface area contributed by atoms with Crippen LogP contribution in [0.25, 0.3) is 0 Å². The van der Waals surface area contributed by atoms with Crippen LogP contribution in [0.1, 0.15) is 21.2 Å². The summed E-state index contributed by atoms with van der Waals surface area (Å²) in [6.45, 7) is 5.75. The Hall–Kier alpha value is -1.64. The normalized spacial score (nSPS) is 16.2. The van der Waals surface area contributed by atoms with Crippen LogP contribution >= 0.6 is 22.9 Å². The van der Waals surface area contributed by atoms with Gasteiger partial charge < -0.3 is 10.6 Å². The number of thiazole rings is 1. The Balaban J connectivity index is 1.57. The van der Waals surface area contributed by atoms with Crippen LogP contribution in [0.15, 0.2) is 5.38 Å². The molecule has 0 aliphatic carbocycles. The van der Waals surface area contributed by atoms with E-state index < -0.39 is 0 Å². The number of amides is 1. The van der Waals surface area contributed by atoms with Crippen LogP contribution in [0.3, 0.4) is 0 Å². The monoisotopic (exact) mass is 340 g/mol. The molecule has 0 saturated carbocycles. The topological polar surface area (TPSA) is 91.1 Å². The lowest BCUT2D eigenvalue weighted by atomic mass is 10.2. The van der Waals surface area contributed by atoms with E-state index in [1.807, 2.05) is 6.92 Å². The fourth-order valence-corrected chi connectivity index (χ4v) is 3.23. The van der Waals surface area contributed by atoms with Gasteiger partial charge in [0.25, 0.3) is 5.91 Å². The van der Waals surface area contributed by atoms with Crippen molar-refractivity contribution in [2.24, 2.45) is 0 Å². The number of nitrogens with two attached hydrogens (primary N) is 1. The molecule has 2 aromatic heterocycles. The van der Waals surface area contributed by atoms with E-state index in [9.17, 15) is 4.79 Å². The van der Waals surface area contributed by atoms with E-state index in [4.69, 9.17) is 17.3 Å². The van der Waals surface area contributed by atoms with Crippen LogP contribution in [0, 0.1) is 6.92 Å². The van der Waals surface area contributed by atoms with Gasteiger partial charge in [-0.15, -0.1) is 11.3 Å². The summed E-state index contributed by atoms with van der Waals surface area (Å²) >= 11 is 7.64. The van der Waals surface area contributed by atoms with Crippen molar-refractivity contribution in [3.63, 3.8) is 0 Å². The van der Waals surface area contributed by atoms with E-state index in [1.54, 1.807) is 16.2 Å². The summed E-state index contributed by atoms with van der Waals surface area (Å²) in [6.07, 6.45) is 0. The predicted molar refractivity (Wildman–Crippen MR) is 86.0 cm³/mol. The van der Waals surface area contributed by atoms with Crippen LogP contribution in [0.5, 0.6) is 0 Å². The molecule has 3 heterocycles. The molecule has 3 N–H and O–H groups in total. The smallest absolute Gasteiger partial charge is 0.273 e. The first-order valence-corrected chi connectivity index (χ1v) is 8.22. The fourth-order valence-electron chi connectivity index (χ4n) is 2.46. The summed E-state index contributed by atoms with van der Waals surface area (Å²) in [7, 11) is 0. The first-order chi connectivity index (χ1) is 10.5. The number of hydrogen-bond donors (Lipinski definition) is 2. The molecule has 1 fully saturated rings. The molecule has 0 aromatic carbocycles. The lowest BCUT2D eigenvalue weighted by Crippen LogP contribution is -2.48. The fraction of sp³-hybridized carbons (Fsp3) is 0.462. The molecule has 0 spiro atoms. The summed E-state index contributed by atoms with van der Waals surface area (Å²) < 4.78 is 0. The van der Waals surface area contributed by atoms with Gasteiger partial charge in [0.15, 0.2) is 5.82 Å². The first-order valence-electron chi connectivity index (χ1n) is 6.96. The lowest BCUT2D eigenvalue weighted by Gasteiger charge is -2.34. The number of aromatic nitrogens is 3. The zero-order valence-corrected chi connectivity index (χ0v) is 13.7. The molecule has 7 nitrogen and oxygen atoms in total. The molecule has 22 heavy (non-hydrogen) atoms. The summed E-state index contributed by atoms with van der Waals surface area (Å²) in [5, 5.41) is 9.73. The molecule has 0 unspecified atom stereocenters. The molecule has 9 heteroatoms. The number of piperazine rings is 1. The van der Waals surface area contributed by atoms with E-state index in [0.717, 1.165) is 30.3 Å². The van der Waals surface area contributed by atoms with E-state index >= 15 is 0 Å². The number of anilines is 1. The Morgan fingerprint density at radius 1 is 1.45 bits per heavy atom. The van der Waals surface area contributed by atoms with Gasteiger partial charge in [-0.2, -0.15) is 5.10 Å². The second kappa shape index (κ2) is 6.23. The van der Waals surface area contributed by atoms with Gasteiger partial charge in [0.05, 0.1) is 10.7 Å². The van der Waals surface area contributed by atoms with Gasteiger partial charge in [-0.1, -0.05) is 11.6 Å². The van der Waals surface area contributed by atoms with Crippen LogP contribution in [0.2, 0.25) is 5.02 Å². The maximum atomic E-state index is 12.4. The number of aryl methyl sites for hydroxylation is 1. The molecular formula is C13H17ClN6OS. The number of aromatic amines is 1. The van der Waals surface area contributed by atoms with Gasteiger partial charge in [0, 0.05) is 38.1 Å². The highest BCUT2D eigenvalue weighted by molar-refractivity contribution is 7.09. The SMILES string of the molecule is Cc1nc(CN2CCN(C(=O)c3[nH]nc(N)c3Cl)CC2)cs1. The minimum absolute atomic E-state index is 0.154. The molecule has 1 amide bonds. The van der Waals surface area contributed by atoms with Crippen LogP contribution < -0.4 is 5.73 Å². The Morgan fingerprint density at radius 3 is 2.73 bits per heavy atom. The molecule has 118 valence electrons. The van der Waals surface area contributed by atoms with Gasteiger partial charge in [0.1, 0.15) is 10.7 Å². The van der Waals surface area contributed by atoms with Crippen molar-refractivity contribution in [2.75, 3.05) is 31.9 Å². The quantitative estimate of drug-likeness (QED) is 0.880. The van der Waals surface area contributed by atoms with Crippen molar-refractivity contribution in [3.8, 4) is 0 Å². The number of nitrogens with zero attached hydrogens (tertiary/aromatic N) is 4. The second-order valence-corrected chi connectivity index (χ2v) is 6.66. The average Bonchev–Trinajstić information content (AvgIpc) is 3.06. The summed E-state index contributed by atoms with van der Waals surface area (Å²) in [5.41, 5.74) is 6.91. The lowest BCUT2D eigenvalue weighted by molar-refractivity contribution is 0.0621. The van der Waals surface area contributed by atoms with E-state index in [2.05, 4.69) is 25.5 Å². The molecule has 1 aliphatic rings. The van der Waals surface area contributed by atoms with Crippen LogP contribution in [0.4, 0.5) is 5.82 Å². The highest BCUT2D eigenvalue weighted by Gasteiger charge is 2.26. The zero-order chi connectivity index (χ0) is 15.7. The van der Waals surface area contributed by atoms with Crippen LogP contribution in [-0.2, 0) is 6.54 Å². The number of nitrogens with one attached hydrogen (secondary N) is 1. The second-order valence-electron chi connectivity index (χ2n) is 5.22. The third-order valence-corrected chi connectivity index (χ3v) is 4.86.